The maximum atomic E-state index is 5.74. The van der Waals surface area contributed by atoms with Crippen LogP contribution in [0.5, 0.6) is 0 Å². The largest absolute Gasteiger partial charge is 0.353 e. The van der Waals surface area contributed by atoms with Crippen molar-refractivity contribution in [1.82, 2.24) is 0 Å². The third-order valence-electron chi connectivity index (χ3n) is 3.11. The lowest BCUT2D eigenvalue weighted by molar-refractivity contribution is -0.140. The number of thioether (sulfide) groups is 2. The molecular formula is C14H28O2S2. The van der Waals surface area contributed by atoms with Gasteiger partial charge in [-0.25, -0.2) is 0 Å². The second-order valence-electron chi connectivity index (χ2n) is 4.61. The molecule has 18 heavy (non-hydrogen) atoms. The van der Waals surface area contributed by atoms with Gasteiger partial charge in [-0.05, 0) is 38.2 Å². The summed E-state index contributed by atoms with van der Waals surface area (Å²) < 4.78 is 11.8. The molecule has 1 fully saturated rings. The summed E-state index contributed by atoms with van der Waals surface area (Å²) >= 11 is 4.27. The van der Waals surface area contributed by atoms with Gasteiger partial charge in [-0.15, -0.1) is 23.5 Å². The quantitative estimate of drug-likeness (QED) is 0.581. The molecule has 0 amide bonds. The molecule has 4 heteroatoms. The van der Waals surface area contributed by atoms with E-state index in [0.29, 0.717) is 4.08 Å². The van der Waals surface area contributed by atoms with E-state index in [0.717, 1.165) is 19.6 Å². The molecule has 0 aromatic rings. The number of hydrogen-bond donors (Lipinski definition) is 0. The van der Waals surface area contributed by atoms with Gasteiger partial charge in [0, 0.05) is 19.6 Å². The first-order valence-electron chi connectivity index (χ1n) is 7.27. The Morgan fingerprint density at radius 1 is 1.06 bits per heavy atom. The highest BCUT2D eigenvalue weighted by Gasteiger charge is 2.36. The monoisotopic (exact) mass is 292 g/mol. The van der Waals surface area contributed by atoms with Crippen molar-refractivity contribution in [3.05, 3.63) is 0 Å². The molecule has 0 atom stereocenters. The van der Waals surface area contributed by atoms with Crippen molar-refractivity contribution < 1.29 is 9.47 Å². The number of hydrogen-bond acceptors (Lipinski definition) is 4. The molecule has 1 saturated heterocycles. The smallest absolute Gasteiger partial charge is 0.159 e. The maximum Gasteiger partial charge on any atom is 0.159 e. The zero-order valence-corrected chi connectivity index (χ0v) is 13.7. The summed E-state index contributed by atoms with van der Waals surface area (Å²) in [6.45, 7) is 7.85. The average molecular weight is 293 g/mol. The third-order valence-corrected chi connectivity index (χ3v) is 6.60. The van der Waals surface area contributed by atoms with Crippen molar-refractivity contribution in [3.63, 3.8) is 0 Å². The van der Waals surface area contributed by atoms with Crippen LogP contribution in [0.15, 0.2) is 0 Å². The number of ether oxygens (including phenoxy) is 2. The van der Waals surface area contributed by atoms with Crippen molar-refractivity contribution in [2.24, 2.45) is 0 Å². The summed E-state index contributed by atoms with van der Waals surface area (Å²) in [7, 11) is 0. The molecule has 0 aromatic heterocycles. The van der Waals surface area contributed by atoms with E-state index in [9.17, 15) is 0 Å². The van der Waals surface area contributed by atoms with Gasteiger partial charge in [0.15, 0.2) is 6.29 Å². The Labute approximate surface area is 121 Å². The van der Waals surface area contributed by atoms with Crippen LogP contribution in [0.4, 0.5) is 0 Å². The zero-order valence-electron chi connectivity index (χ0n) is 12.1. The summed E-state index contributed by atoms with van der Waals surface area (Å²) in [5, 5.41) is 0. The van der Waals surface area contributed by atoms with E-state index < -0.39 is 0 Å². The lowest BCUT2D eigenvalue weighted by atomic mass is 10.1. The van der Waals surface area contributed by atoms with E-state index in [4.69, 9.17) is 9.47 Å². The van der Waals surface area contributed by atoms with Crippen LogP contribution >= 0.6 is 23.5 Å². The zero-order chi connectivity index (χ0) is 13.3. The standard InChI is InChI=1S/C14H28O2S2/c1-4-7-9-14(17-10-8-11-18-14)12-13(15-5-2)16-6-3/h13H,4-12H2,1-3H3. The van der Waals surface area contributed by atoms with Crippen molar-refractivity contribution >= 4 is 23.5 Å². The van der Waals surface area contributed by atoms with Gasteiger partial charge in [0.2, 0.25) is 0 Å². The van der Waals surface area contributed by atoms with Crippen LogP contribution in [0.3, 0.4) is 0 Å². The number of unbranched alkanes of at least 4 members (excludes halogenated alkanes) is 1. The van der Waals surface area contributed by atoms with Crippen LogP contribution in [0.2, 0.25) is 0 Å². The summed E-state index contributed by atoms with van der Waals surface area (Å²) in [5.74, 6) is 2.59. The van der Waals surface area contributed by atoms with Crippen molar-refractivity contribution in [2.45, 2.75) is 63.2 Å². The normalized spacial score (nSPS) is 19.3. The molecule has 108 valence electrons. The lowest BCUT2D eigenvalue weighted by Crippen LogP contribution is -2.33. The summed E-state index contributed by atoms with van der Waals surface area (Å²) in [6.07, 6.45) is 6.23. The summed E-state index contributed by atoms with van der Waals surface area (Å²) in [5.41, 5.74) is 0. The van der Waals surface area contributed by atoms with E-state index in [-0.39, 0.29) is 6.29 Å². The number of rotatable bonds is 9. The molecule has 0 N–H and O–H groups in total. The molecule has 0 bridgehead atoms. The molecule has 0 radical (unpaired) electrons. The molecule has 0 aromatic carbocycles. The molecule has 1 rings (SSSR count). The van der Waals surface area contributed by atoms with E-state index in [1.807, 2.05) is 13.8 Å². The van der Waals surface area contributed by atoms with Gasteiger partial charge in [0.05, 0.1) is 4.08 Å². The van der Waals surface area contributed by atoms with Gasteiger partial charge in [-0.1, -0.05) is 19.8 Å². The molecule has 0 unspecified atom stereocenters. The highest BCUT2D eigenvalue weighted by molar-refractivity contribution is 8.18. The van der Waals surface area contributed by atoms with E-state index in [1.54, 1.807) is 0 Å². The minimum atomic E-state index is -0.0186. The van der Waals surface area contributed by atoms with E-state index >= 15 is 0 Å². The molecule has 1 aliphatic rings. The first kappa shape index (κ1) is 16.7. The predicted molar refractivity (Wildman–Crippen MR) is 83.4 cm³/mol. The van der Waals surface area contributed by atoms with Crippen LogP contribution < -0.4 is 0 Å². The molecular weight excluding hydrogens is 264 g/mol. The van der Waals surface area contributed by atoms with Gasteiger partial charge >= 0.3 is 0 Å². The Balaban J connectivity index is 2.56. The van der Waals surface area contributed by atoms with Crippen molar-refractivity contribution in [2.75, 3.05) is 24.7 Å². The maximum absolute atomic E-state index is 5.74. The highest BCUT2D eigenvalue weighted by Crippen LogP contribution is 2.49. The minimum absolute atomic E-state index is 0.0186. The van der Waals surface area contributed by atoms with Gasteiger partial charge in [0.1, 0.15) is 0 Å². The molecule has 1 aliphatic heterocycles. The first-order valence-corrected chi connectivity index (χ1v) is 9.24. The van der Waals surface area contributed by atoms with Gasteiger partial charge in [-0.3, -0.25) is 0 Å². The lowest BCUT2D eigenvalue weighted by Gasteiger charge is -2.38. The topological polar surface area (TPSA) is 18.5 Å². The average Bonchev–Trinajstić information content (AvgIpc) is 2.38. The molecule has 0 spiro atoms. The van der Waals surface area contributed by atoms with E-state index in [1.165, 1.54) is 37.2 Å². The first-order chi connectivity index (χ1) is 8.76. The fraction of sp³-hybridized carbons (Fsp3) is 1.00. The highest BCUT2D eigenvalue weighted by atomic mass is 32.2. The third kappa shape index (κ3) is 5.72. The van der Waals surface area contributed by atoms with Gasteiger partial charge in [0.25, 0.3) is 0 Å². The fourth-order valence-corrected chi connectivity index (χ4v) is 5.64. The van der Waals surface area contributed by atoms with Crippen LogP contribution in [-0.4, -0.2) is 35.1 Å². The van der Waals surface area contributed by atoms with Gasteiger partial charge < -0.3 is 9.47 Å². The molecule has 2 nitrogen and oxygen atoms in total. The van der Waals surface area contributed by atoms with E-state index in [2.05, 4.69) is 30.4 Å². The molecule has 1 heterocycles. The Morgan fingerprint density at radius 2 is 1.67 bits per heavy atom. The summed E-state index contributed by atoms with van der Waals surface area (Å²) in [4.78, 5) is 0. The van der Waals surface area contributed by atoms with Crippen LogP contribution in [0, 0.1) is 0 Å². The Morgan fingerprint density at radius 3 is 2.17 bits per heavy atom. The Hall–Kier alpha value is 0.620. The van der Waals surface area contributed by atoms with Crippen LogP contribution in [0.1, 0.15) is 52.9 Å². The SMILES string of the molecule is CCCCC1(CC(OCC)OCC)SCCCS1. The second-order valence-corrected chi connectivity index (χ2v) is 7.82. The summed E-state index contributed by atoms with van der Waals surface area (Å²) in [6, 6.07) is 0. The second kappa shape index (κ2) is 9.51. The Bertz CT molecular complexity index is 200. The van der Waals surface area contributed by atoms with Crippen LogP contribution in [0.25, 0.3) is 0 Å². The molecule has 0 aliphatic carbocycles. The van der Waals surface area contributed by atoms with Gasteiger partial charge in [-0.2, -0.15) is 0 Å². The van der Waals surface area contributed by atoms with Crippen LogP contribution in [-0.2, 0) is 9.47 Å². The minimum Gasteiger partial charge on any atom is -0.353 e. The molecule has 0 saturated carbocycles. The van der Waals surface area contributed by atoms with Crippen molar-refractivity contribution in [3.8, 4) is 0 Å². The fourth-order valence-electron chi connectivity index (χ4n) is 2.22. The predicted octanol–water partition coefficient (Wildman–Crippen LogP) is 4.53. The Kier molecular flexibility index (Phi) is 8.81. The van der Waals surface area contributed by atoms with Crippen molar-refractivity contribution in [1.29, 1.82) is 0 Å².